The minimum Gasteiger partial charge on any atom is -0.462 e. The van der Waals surface area contributed by atoms with E-state index in [0.717, 1.165) is 16.7 Å². The van der Waals surface area contributed by atoms with Gasteiger partial charge in [-0.3, -0.25) is 4.79 Å². The number of benzene rings is 2. The van der Waals surface area contributed by atoms with Crippen molar-refractivity contribution in [3.63, 3.8) is 0 Å². The number of hydrogen-bond donors (Lipinski definition) is 5. The molecule has 8 heteroatoms. The first-order valence-corrected chi connectivity index (χ1v) is 9.63. The molecule has 1 heterocycles. The van der Waals surface area contributed by atoms with Gasteiger partial charge in [-0.15, -0.1) is 0 Å². The van der Waals surface area contributed by atoms with Gasteiger partial charge in [0, 0.05) is 12.6 Å². The summed E-state index contributed by atoms with van der Waals surface area (Å²) in [5, 5.41) is 42.7. The number of nitrogens with one attached hydrogen (secondary N) is 1. The molecule has 0 unspecified atom stereocenters. The van der Waals surface area contributed by atoms with E-state index < -0.39 is 36.8 Å². The third-order valence-corrected chi connectivity index (χ3v) is 5.36. The number of rotatable bonds is 5. The average Bonchev–Trinajstić information content (AvgIpc) is 2.74. The van der Waals surface area contributed by atoms with Gasteiger partial charge >= 0.3 is 0 Å². The van der Waals surface area contributed by atoms with Crippen molar-refractivity contribution < 1.29 is 34.7 Å². The lowest BCUT2D eigenvalue weighted by Gasteiger charge is -2.45. The van der Waals surface area contributed by atoms with Crippen molar-refractivity contribution in [2.24, 2.45) is 0 Å². The maximum absolute atomic E-state index is 11.9. The molecule has 0 saturated carbocycles. The van der Waals surface area contributed by atoms with Crippen LogP contribution in [0.2, 0.25) is 0 Å². The van der Waals surface area contributed by atoms with E-state index in [-0.39, 0.29) is 5.91 Å². The predicted molar refractivity (Wildman–Crippen MR) is 109 cm³/mol. The molecule has 1 aliphatic heterocycles. The van der Waals surface area contributed by atoms with Gasteiger partial charge in [-0.2, -0.15) is 0 Å². The lowest BCUT2D eigenvalue weighted by atomic mass is 9.88. The van der Waals surface area contributed by atoms with Gasteiger partial charge in [0.2, 0.25) is 6.29 Å². The number of ether oxygens (including phenoxy) is 2. The smallest absolute Gasteiger partial charge is 0.251 e. The first-order chi connectivity index (χ1) is 14.2. The second-order valence-corrected chi connectivity index (χ2v) is 7.60. The number of amides is 1. The van der Waals surface area contributed by atoms with Gasteiger partial charge in [0.25, 0.3) is 5.91 Å². The summed E-state index contributed by atoms with van der Waals surface area (Å²) in [7, 11) is 1.58. The molecule has 0 radical (unpaired) electrons. The average molecular weight is 417 g/mol. The minimum atomic E-state index is -1.89. The van der Waals surface area contributed by atoms with Crippen LogP contribution in [0.3, 0.4) is 0 Å². The Morgan fingerprint density at radius 1 is 1.23 bits per heavy atom. The normalized spacial score (nSPS) is 28.8. The van der Waals surface area contributed by atoms with Gasteiger partial charge in [0.05, 0.1) is 6.61 Å². The molecular weight excluding hydrogens is 390 g/mol. The topological polar surface area (TPSA) is 128 Å². The Bertz CT molecular complexity index is 914. The molecule has 0 bridgehead atoms. The summed E-state index contributed by atoms with van der Waals surface area (Å²) >= 11 is 0. The fraction of sp³-hybridized carbons (Fsp3) is 0.409. The van der Waals surface area contributed by atoms with Crippen LogP contribution in [0.4, 0.5) is 0 Å². The SMILES string of the molecule is CNC(=O)c1cccc(-c2ccc(O[C@H]3O[C@H](CO)[C@@H](O)[C@H](O)[C@]3(C)O)cc2C)c1. The number of aryl methyl sites for hydroxylation is 1. The summed E-state index contributed by atoms with van der Waals surface area (Å²) in [6.07, 6.45) is -5.38. The van der Waals surface area contributed by atoms with E-state index in [1.807, 2.05) is 19.1 Å². The van der Waals surface area contributed by atoms with Gasteiger partial charge in [-0.1, -0.05) is 18.2 Å². The summed E-state index contributed by atoms with van der Waals surface area (Å²) in [5.41, 5.74) is 1.27. The van der Waals surface area contributed by atoms with Gasteiger partial charge in [-0.05, 0) is 54.8 Å². The minimum absolute atomic E-state index is 0.176. The van der Waals surface area contributed by atoms with E-state index in [9.17, 15) is 25.2 Å². The van der Waals surface area contributed by atoms with Crippen molar-refractivity contribution >= 4 is 5.91 Å². The Labute approximate surface area is 174 Å². The van der Waals surface area contributed by atoms with Crippen LogP contribution in [0.15, 0.2) is 42.5 Å². The van der Waals surface area contributed by atoms with E-state index >= 15 is 0 Å². The number of hydrogen-bond acceptors (Lipinski definition) is 7. The highest BCUT2D eigenvalue weighted by molar-refractivity contribution is 5.95. The molecule has 1 saturated heterocycles. The lowest BCUT2D eigenvalue weighted by molar-refractivity contribution is -0.314. The molecule has 0 aromatic heterocycles. The van der Waals surface area contributed by atoms with E-state index in [0.29, 0.717) is 11.3 Å². The first-order valence-electron chi connectivity index (χ1n) is 9.63. The van der Waals surface area contributed by atoms with E-state index in [1.54, 1.807) is 37.4 Å². The second-order valence-electron chi connectivity index (χ2n) is 7.60. The summed E-state index contributed by atoms with van der Waals surface area (Å²) in [4.78, 5) is 11.9. The monoisotopic (exact) mass is 417 g/mol. The third-order valence-electron chi connectivity index (χ3n) is 5.36. The second kappa shape index (κ2) is 8.71. The number of carbonyl (C=O) groups is 1. The molecule has 0 spiro atoms. The molecule has 2 aromatic rings. The molecule has 2 aromatic carbocycles. The van der Waals surface area contributed by atoms with Crippen molar-refractivity contribution in [3.8, 4) is 16.9 Å². The van der Waals surface area contributed by atoms with Crippen molar-refractivity contribution in [2.45, 2.75) is 44.1 Å². The van der Waals surface area contributed by atoms with Crippen LogP contribution >= 0.6 is 0 Å². The summed E-state index contributed by atoms with van der Waals surface area (Å²) < 4.78 is 11.2. The maximum Gasteiger partial charge on any atom is 0.251 e. The molecular formula is C22H27NO7. The van der Waals surface area contributed by atoms with Crippen molar-refractivity contribution in [1.82, 2.24) is 5.32 Å². The van der Waals surface area contributed by atoms with Gasteiger partial charge in [0.1, 0.15) is 24.1 Å². The molecule has 1 amide bonds. The zero-order valence-electron chi connectivity index (χ0n) is 17.1. The predicted octanol–water partition coefficient (Wildman–Crippen LogP) is 0.590. The molecule has 0 aliphatic carbocycles. The Morgan fingerprint density at radius 2 is 1.97 bits per heavy atom. The zero-order valence-corrected chi connectivity index (χ0v) is 17.1. The number of carbonyl (C=O) groups excluding carboxylic acids is 1. The van der Waals surface area contributed by atoms with Crippen LogP contribution in [0.25, 0.3) is 11.1 Å². The van der Waals surface area contributed by atoms with Crippen LogP contribution in [0, 0.1) is 6.92 Å². The van der Waals surface area contributed by atoms with Crippen LogP contribution < -0.4 is 10.1 Å². The zero-order chi connectivity index (χ0) is 22.1. The fourth-order valence-corrected chi connectivity index (χ4v) is 3.49. The Morgan fingerprint density at radius 3 is 2.60 bits per heavy atom. The standard InChI is InChI=1S/C22H27NO7/c1-12-9-15(29-21-22(2,28)19(26)18(25)17(11-24)30-21)7-8-16(12)13-5-4-6-14(10-13)20(27)23-3/h4-10,17-19,21,24-26,28H,11H2,1-3H3,(H,23,27)/t17-,18-,19+,21+,22+/m1/s1. The van der Waals surface area contributed by atoms with Crippen molar-refractivity contribution in [1.29, 1.82) is 0 Å². The molecule has 5 atom stereocenters. The highest BCUT2D eigenvalue weighted by Gasteiger charge is 2.53. The Hall–Kier alpha value is -2.49. The van der Waals surface area contributed by atoms with Crippen molar-refractivity contribution in [3.05, 3.63) is 53.6 Å². The number of aliphatic hydroxyl groups excluding tert-OH is 3. The van der Waals surface area contributed by atoms with Crippen LogP contribution in [0.1, 0.15) is 22.8 Å². The van der Waals surface area contributed by atoms with Gasteiger partial charge < -0.3 is 35.2 Å². The highest BCUT2D eigenvalue weighted by Crippen LogP contribution is 2.33. The Balaban J connectivity index is 1.84. The molecule has 162 valence electrons. The van der Waals surface area contributed by atoms with E-state index in [2.05, 4.69) is 5.32 Å². The molecule has 8 nitrogen and oxygen atoms in total. The molecule has 3 rings (SSSR count). The van der Waals surface area contributed by atoms with Crippen LogP contribution in [-0.4, -0.2) is 70.2 Å². The maximum atomic E-state index is 11.9. The van der Waals surface area contributed by atoms with Gasteiger partial charge in [-0.25, -0.2) is 0 Å². The molecule has 1 fully saturated rings. The largest absolute Gasteiger partial charge is 0.462 e. The van der Waals surface area contributed by atoms with Crippen LogP contribution in [0.5, 0.6) is 5.75 Å². The summed E-state index contributed by atoms with van der Waals surface area (Å²) in [5.74, 6) is 0.203. The molecule has 1 aliphatic rings. The first kappa shape index (κ1) is 22.2. The quantitative estimate of drug-likeness (QED) is 0.482. The molecule has 5 N–H and O–H groups in total. The fourth-order valence-electron chi connectivity index (χ4n) is 3.49. The summed E-state index contributed by atoms with van der Waals surface area (Å²) in [6, 6.07) is 12.5. The summed E-state index contributed by atoms with van der Waals surface area (Å²) in [6.45, 7) is 2.64. The van der Waals surface area contributed by atoms with E-state index in [4.69, 9.17) is 9.47 Å². The Kier molecular flexibility index (Phi) is 6.44. The third kappa shape index (κ3) is 4.19. The van der Waals surface area contributed by atoms with E-state index in [1.165, 1.54) is 6.92 Å². The van der Waals surface area contributed by atoms with Crippen molar-refractivity contribution in [2.75, 3.05) is 13.7 Å². The number of aliphatic hydroxyl groups is 4. The van der Waals surface area contributed by atoms with Gasteiger partial charge in [0.15, 0.2) is 5.60 Å². The van der Waals surface area contributed by atoms with Crippen LogP contribution in [-0.2, 0) is 4.74 Å². The lowest BCUT2D eigenvalue weighted by Crippen LogP contribution is -2.66. The highest BCUT2D eigenvalue weighted by atomic mass is 16.7. The molecule has 30 heavy (non-hydrogen) atoms.